The first-order valence-corrected chi connectivity index (χ1v) is 7.39. The second kappa shape index (κ2) is 7.44. The van der Waals surface area contributed by atoms with E-state index < -0.39 is 0 Å². The average molecular weight is 279 g/mol. The van der Waals surface area contributed by atoms with Gasteiger partial charge in [0.2, 0.25) is 5.91 Å². The summed E-state index contributed by atoms with van der Waals surface area (Å²) in [6.45, 7) is 4.20. The van der Waals surface area contributed by atoms with E-state index in [0.29, 0.717) is 0 Å². The molecule has 2 nitrogen and oxygen atoms in total. The molecule has 2 aromatic carbocycles. The van der Waals surface area contributed by atoms with E-state index in [-0.39, 0.29) is 5.91 Å². The second-order valence-corrected chi connectivity index (χ2v) is 4.89. The summed E-state index contributed by atoms with van der Waals surface area (Å²) in [4.78, 5) is 12.1. The van der Waals surface area contributed by atoms with Gasteiger partial charge in [-0.05, 0) is 35.6 Å². The van der Waals surface area contributed by atoms with Gasteiger partial charge in [0, 0.05) is 11.8 Å². The lowest BCUT2D eigenvalue weighted by molar-refractivity contribution is -0.111. The number of para-hydroxylation sites is 1. The number of carbonyl (C=O) groups excluding carboxylic acids is 1. The molecule has 0 heterocycles. The van der Waals surface area contributed by atoms with Crippen molar-refractivity contribution in [2.45, 2.75) is 26.7 Å². The Morgan fingerprint density at radius 3 is 2.14 bits per heavy atom. The summed E-state index contributed by atoms with van der Waals surface area (Å²) in [6, 6.07) is 16.0. The Balaban J connectivity index is 2.14. The van der Waals surface area contributed by atoms with Crippen molar-refractivity contribution in [1.29, 1.82) is 0 Å². The summed E-state index contributed by atoms with van der Waals surface area (Å²) in [6.07, 6.45) is 5.23. The molecule has 0 saturated heterocycles. The maximum atomic E-state index is 12.1. The standard InChI is InChI=1S/C19H21NO/c1-3-16-11-8-12-17(4-2)19(16)20-18(21)14-13-15-9-6-5-7-10-15/h5-14H,3-4H2,1-2H3,(H,20,21). The smallest absolute Gasteiger partial charge is 0.248 e. The zero-order valence-corrected chi connectivity index (χ0v) is 12.6. The molecule has 0 fully saturated rings. The normalized spacial score (nSPS) is 10.8. The third kappa shape index (κ3) is 4.06. The quantitative estimate of drug-likeness (QED) is 0.804. The van der Waals surface area contributed by atoms with Crippen molar-refractivity contribution >= 4 is 17.7 Å². The maximum Gasteiger partial charge on any atom is 0.248 e. The van der Waals surface area contributed by atoms with Crippen molar-refractivity contribution in [3.05, 3.63) is 71.3 Å². The van der Waals surface area contributed by atoms with Crippen LogP contribution in [-0.2, 0) is 17.6 Å². The van der Waals surface area contributed by atoms with Crippen LogP contribution >= 0.6 is 0 Å². The van der Waals surface area contributed by atoms with Crippen LogP contribution < -0.4 is 5.32 Å². The van der Waals surface area contributed by atoms with Gasteiger partial charge >= 0.3 is 0 Å². The van der Waals surface area contributed by atoms with Crippen molar-refractivity contribution in [2.24, 2.45) is 0 Å². The van der Waals surface area contributed by atoms with E-state index in [1.54, 1.807) is 6.08 Å². The van der Waals surface area contributed by atoms with Gasteiger partial charge in [0.25, 0.3) is 0 Å². The molecule has 0 bridgehead atoms. The number of aryl methyl sites for hydroxylation is 2. The van der Waals surface area contributed by atoms with E-state index in [4.69, 9.17) is 0 Å². The van der Waals surface area contributed by atoms with Crippen molar-refractivity contribution in [3.8, 4) is 0 Å². The van der Waals surface area contributed by atoms with Crippen LogP contribution in [0, 0.1) is 0 Å². The van der Waals surface area contributed by atoms with Crippen molar-refractivity contribution in [1.82, 2.24) is 0 Å². The molecule has 0 aromatic heterocycles. The highest BCUT2D eigenvalue weighted by atomic mass is 16.1. The highest BCUT2D eigenvalue weighted by Crippen LogP contribution is 2.22. The molecule has 1 N–H and O–H groups in total. The molecule has 2 heteroatoms. The predicted molar refractivity (Wildman–Crippen MR) is 89.3 cm³/mol. The van der Waals surface area contributed by atoms with Crippen LogP contribution in [0.2, 0.25) is 0 Å². The number of carbonyl (C=O) groups is 1. The van der Waals surface area contributed by atoms with Crippen molar-refractivity contribution < 1.29 is 4.79 Å². The molecule has 0 aliphatic rings. The van der Waals surface area contributed by atoms with E-state index in [9.17, 15) is 4.79 Å². The van der Waals surface area contributed by atoms with Gasteiger partial charge in [0.05, 0.1) is 0 Å². The number of hydrogen-bond donors (Lipinski definition) is 1. The highest BCUT2D eigenvalue weighted by Gasteiger charge is 2.07. The molecular formula is C19H21NO. The molecule has 0 aliphatic heterocycles. The molecule has 108 valence electrons. The number of anilines is 1. The Hall–Kier alpha value is -2.35. The molecule has 0 atom stereocenters. The molecule has 0 saturated carbocycles. The van der Waals surface area contributed by atoms with Gasteiger partial charge in [-0.1, -0.05) is 62.4 Å². The molecule has 0 spiro atoms. The van der Waals surface area contributed by atoms with Gasteiger partial charge in [0.15, 0.2) is 0 Å². The molecule has 21 heavy (non-hydrogen) atoms. The average Bonchev–Trinajstić information content (AvgIpc) is 2.54. The minimum absolute atomic E-state index is 0.0885. The van der Waals surface area contributed by atoms with Gasteiger partial charge in [-0.25, -0.2) is 0 Å². The Bertz CT molecular complexity index is 607. The number of benzene rings is 2. The maximum absolute atomic E-state index is 12.1. The van der Waals surface area contributed by atoms with Crippen LogP contribution in [0.4, 0.5) is 5.69 Å². The SMILES string of the molecule is CCc1cccc(CC)c1NC(=O)C=Cc1ccccc1. The highest BCUT2D eigenvalue weighted by molar-refractivity contribution is 6.02. The van der Waals surface area contributed by atoms with Crippen LogP contribution in [0.15, 0.2) is 54.6 Å². The summed E-state index contributed by atoms with van der Waals surface area (Å²) < 4.78 is 0. The number of hydrogen-bond acceptors (Lipinski definition) is 1. The molecule has 2 rings (SSSR count). The second-order valence-electron chi connectivity index (χ2n) is 4.89. The monoisotopic (exact) mass is 279 g/mol. The van der Waals surface area contributed by atoms with E-state index in [0.717, 1.165) is 24.1 Å². The first-order valence-electron chi connectivity index (χ1n) is 7.39. The lowest BCUT2D eigenvalue weighted by Crippen LogP contribution is -2.11. The molecule has 0 unspecified atom stereocenters. The third-order valence-corrected chi connectivity index (χ3v) is 3.47. The van der Waals surface area contributed by atoms with E-state index >= 15 is 0 Å². The zero-order chi connectivity index (χ0) is 15.1. The van der Waals surface area contributed by atoms with Crippen LogP contribution in [0.5, 0.6) is 0 Å². The Morgan fingerprint density at radius 1 is 0.952 bits per heavy atom. The van der Waals surface area contributed by atoms with E-state index in [2.05, 4.69) is 31.3 Å². The van der Waals surface area contributed by atoms with Crippen LogP contribution in [0.1, 0.15) is 30.5 Å². The Labute approximate surface area is 126 Å². The fraction of sp³-hybridized carbons (Fsp3) is 0.211. The van der Waals surface area contributed by atoms with E-state index in [1.807, 2.05) is 42.5 Å². The molecular weight excluding hydrogens is 258 g/mol. The first kappa shape index (κ1) is 15.0. The van der Waals surface area contributed by atoms with Crippen molar-refractivity contribution in [3.63, 3.8) is 0 Å². The van der Waals surface area contributed by atoms with Gasteiger partial charge in [-0.2, -0.15) is 0 Å². The van der Waals surface area contributed by atoms with Gasteiger partial charge in [-0.3, -0.25) is 4.79 Å². The predicted octanol–water partition coefficient (Wildman–Crippen LogP) is 4.46. The summed E-state index contributed by atoms with van der Waals surface area (Å²) >= 11 is 0. The molecule has 1 amide bonds. The fourth-order valence-electron chi connectivity index (χ4n) is 2.30. The Morgan fingerprint density at radius 2 is 1.57 bits per heavy atom. The minimum atomic E-state index is -0.0885. The number of amides is 1. The van der Waals surface area contributed by atoms with Crippen LogP contribution in [0.25, 0.3) is 6.08 Å². The van der Waals surface area contributed by atoms with Crippen molar-refractivity contribution in [2.75, 3.05) is 5.32 Å². The van der Waals surface area contributed by atoms with E-state index in [1.165, 1.54) is 11.1 Å². The summed E-state index contributed by atoms with van der Waals surface area (Å²) in [5, 5.41) is 3.03. The number of rotatable bonds is 5. The largest absolute Gasteiger partial charge is 0.322 e. The summed E-state index contributed by atoms with van der Waals surface area (Å²) in [5.41, 5.74) is 4.34. The Kier molecular flexibility index (Phi) is 5.33. The lowest BCUT2D eigenvalue weighted by Gasteiger charge is -2.13. The fourth-order valence-corrected chi connectivity index (χ4v) is 2.30. The zero-order valence-electron chi connectivity index (χ0n) is 12.6. The summed E-state index contributed by atoms with van der Waals surface area (Å²) in [7, 11) is 0. The molecule has 0 radical (unpaired) electrons. The summed E-state index contributed by atoms with van der Waals surface area (Å²) in [5.74, 6) is -0.0885. The van der Waals surface area contributed by atoms with Gasteiger partial charge in [0.1, 0.15) is 0 Å². The minimum Gasteiger partial charge on any atom is -0.322 e. The molecule has 2 aromatic rings. The topological polar surface area (TPSA) is 29.1 Å². The molecule has 0 aliphatic carbocycles. The van der Waals surface area contributed by atoms with Crippen LogP contribution in [0.3, 0.4) is 0 Å². The van der Waals surface area contributed by atoms with Gasteiger partial charge in [-0.15, -0.1) is 0 Å². The number of nitrogens with one attached hydrogen (secondary N) is 1. The lowest BCUT2D eigenvalue weighted by atomic mass is 10.0. The first-order chi connectivity index (χ1) is 10.2. The third-order valence-electron chi connectivity index (χ3n) is 3.47. The van der Waals surface area contributed by atoms with Crippen LogP contribution in [-0.4, -0.2) is 5.91 Å². The van der Waals surface area contributed by atoms with Gasteiger partial charge < -0.3 is 5.32 Å².